The largest absolute Gasteiger partial charge is 0.493 e. The average Bonchev–Trinajstić information content (AvgIpc) is 3.24. The van der Waals surface area contributed by atoms with Gasteiger partial charge in [-0.15, -0.1) is 0 Å². The zero-order valence-corrected chi connectivity index (χ0v) is 17.2. The monoisotopic (exact) mass is 417 g/mol. The summed E-state index contributed by atoms with van der Waals surface area (Å²) in [7, 11) is 1.57. The summed E-state index contributed by atoms with van der Waals surface area (Å²) in [5, 5.41) is 5.84. The van der Waals surface area contributed by atoms with Gasteiger partial charge in [0, 0.05) is 33.9 Å². The van der Waals surface area contributed by atoms with Gasteiger partial charge in [0.05, 0.1) is 31.8 Å². The van der Waals surface area contributed by atoms with Crippen LogP contribution in [0.4, 0.5) is 0 Å². The van der Waals surface area contributed by atoms with E-state index in [2.05, 4.69) is 22.2 Å². The Kier molecular flexibility index (Phi) is 4.88. The molecule has 0 radical (unpaired) electrons. The van der Waals surface area contributed by atoms with Crippen molar-refractivity contribution in [1.82, 2.24) is 14.8 Å². The number of pyridine rings is 1. The minimum absolute atomic E-state index is 0.116. The molecule has 0 aliphatic carbocycles. The smallest absolute Gasteiger partial charge is 0.274 e. The average molecular weight is 417 g/mol. The number of benzene rings is 2. The summed E-state index contributed by atoms with van der Waals surface area (Å²) >= 11 is 1.67. The van der Waals surface area contributed by atoms with Crippen LogP contribution in [-0.2, 0) is 13.0 Å². The number of aromatic nitrogens is 3. The van der Waals surface area contributed by atoms with E-state index in [1.54, 1.807) is 37.3 Å². The van der Waals surface area contributed by atoms with Crippen LogP contribution in [0.5, 0.6) is 11.6 Å². The van der Waals surface area contributed by atoms with Crippen LogP contribution < -0.4 is 15.0 Å². The maximum atomic E-state index is 12.9. The topological polar surface area (TPSA) is 66.2 Å². The molecule has 0 saturated heterocycles. The highest BCUT2D eigenvalue weighted by Gasteiger charge is 2.13. The number of ether oxygens (including phenoxy) is 2. The first-order valence-corrected chi connectivity index (χ1v) is 10.4. The van der Waals surface area contributed by atoms with Crippen LogP contribution in [0.1, 0.15) is 11.1 Å². The van der Waals surface area contributed by atoms with Gasteiger partial charge in [0.15, 0.2) is 0 Å². The lowest BCUT2D eigenvalue weighted by molar-refractivity contribution is 0.357. The van der Waals surface area contributed by atoms with Crippen molar-refractivity contribution in [3.8, 4) is 11.6 Å². The van der Waals surface area contributed by atoms with Gasteiger partial charge >= 0.3 is 0 Å². The van der Waals surface area contributed by atoms with Crippen molar-refractivity contribution in [2.75, 3.05) is 13.7 Å². The predicted octanol–water partition coefficient (Wildman–Crippen LogP) is 3.93. The lowest BCUT2D eigenvalue weighted by atomic mass is 10.2. The molecule has 30 heavy (non-hydrogen) atoms. The Bertz CT molecular complexity index is 1290. The van der Waals surface area contributed by atoms with Gasteiger partial charge < -0.3 is 9.47 Å². The summed E-state index contributed by atoms with van der Waals surface area (Å²) in [6.07, 6.45) is 4.39. The Hall–Kier alpha value is -3.32. The third-order valence-corrected chi connectivity index (χ3v) is 6.04. The molecule has 2 aromatic heterocycles. The third-order valence-electron chi connectivity index (χ3n) is 5.06. The maximum absolute atomic E-state index is 12.9. The molecule has 0 fully saturated rings. The second-order valence-electron chi connectivity index (χ2n) is 7.04. The fourth-order valence-electron chi connectivity index (χ4n) is 3.50. The first kappa shape index (κ1) is 18.7. The molecule has 0 amide bonds. The van der Waals surface area contributed by atoms with Crippen LogP contribution in [0.3, 0.4) is 0 Å². The maximum Gasteiger partial charge on any atom is 0.274 e. The zero-order valence-electron chi connectivity index (χ0n) is 16.4. The van der Waals surface area contributed by atoms with E-state index in [4.69, 9.17) is 9.47 Å². The standard InChI is InChI=1S/C23H19N3O3S/c1-28-22-7-2-15(12-24-22)14-26-23(27)20-5-3-18(11-17(20)13-25-26)30-19-4-6-21-16(10-19)8-9-29-21/h2-7,10-13H,8-9,14H2,1H3. The Morgan fingerprint density at radius 1 is 1.10 bits per heavy atom. The number of fused-ring (bicyclic) bond motifs is 2. The van der Waals surface area contributed by atoms with E-state index in [1.165, 1.54) is 10.2 Å². The van der Waals surface area contributed by atoms with Gasteiger partial charge in [0.25, 0.3) is 5.56 Å². The van der Waals surface area contributed by atoms with Crippen LogP contribution in [0.2, 0.25) is 0 Å². The molecular weight excluding hydrogens is 398 g/mol. The van der Waals surface area contributed by atoms with E-state index in [9.17, 15) is 4.79 Å². The summed E-state index contributed by atoms with van der Waals surface area (Å²) in [6.45, 7) is 1.11. The SMILES string of the molecule is COc1ccc(Cn2ncc3cc(Sc4ccc5c(c4)CCO5)ccc3c2=O)cn1. The minimum Gasteiger partial charge on any atom is -0.493 e. The number of nitrogens with zero attached hydrogens (tertiary/aromatic N) is 3. The molecule has 0 bridgehead atoms. The number of hydrogen-bond donors (Lipinski definition) is 0. The molecule has 4 aromatic rings. The fraction of sp³-hybridized carbons (Fsp3) is 0.174. The van der Waals surface area contributed by atoms with Gasteiger partial charge in [0.2, 0.25) is 5.88 Å². The summed E-state index contributed by atoms with van der Waals surface area (Å²) in [4.78, 5) is 19.3. The predicted molar refractivity (Wildman–Crippen MR) is 116 cm³/mol. The van der Waals surface area contributed by atoms with Gasteiger partial charge in [0.1, 0.15) is 5.75 Å². The summed E-state index contributed by atoms with van der Waals surface area (Å²) < 4.78 is 12.1. The molecule has 3 heterocycles. The molecular formula is C23H19N3O3S. The highest BCUT2D eigenvalue weighted by atomic mass is 32.2. The molecule has 0 atom stereocenters. The number of hydrogen-bond acceptors (Lipinski definition) is 6. The molecule has 6 nitrogen and oxygen atoms in total. The lowest BCUT2D eigenvalue weighted by Gasteiger charge is -2.08. The zero-order chi connectivity index (χ0) is 20.5. The quantitative estimate of drug-likeness (QED) is 0.490. The Balaban J connectivity index is 1.40. The van der Waals surface area contributed by atoms with Gasteiger partial charge in [-0.25, -0.2) is 9.67 Å². The van der Waals surface area contributed by atoms with Crippen LogP contribution >= 0.6 is 11.8 Å². The van der Waals surface area contributed by atoms with Crippen molar-refractivity contribution >= 4 is 22.5 Å². The van der Waals surface area contributed by atoms with Gasteiger partial charge in [-0.05, 0) is 47.5 Å². The molecule has 5 rings (SSSR count). The van der Waals surface area contributed by atoms with Crippen molar-refractivity contribution < 1.29 is 9.47 Å². The molecule has 0 N–H and O–H groups in total. The third kappa shape index (κ3) is 3.64. The molecule has 0 saturated carbocycles. The molecule has 2 aromatic carbocycles. The molecule has 7 heteroatoms. The van der Waals surface area contributed by atoms with Crippen molar-refractivity contribution in [2.45, 2.75) is 22.8 Å². The van der Waals surface area contributed by atoms with Crippen LogP contribution in [0.25, 0.3) is 10.8 Å². The Morgan fingerprint density at radius 2 is 1.97 bits per heavy atom. The molecule has 1 aliphatic rings. The van der Waals surface area contributed by atoms with Crippen molar-refractivity contribution in [2.24, 2.45) is 0 Å². The van der Waals surface area contributed by atoms with E-state index in [0.29, 0.717) is 17.8 Å². The van der Waals surface area contributed by atoms with Crippen LogP contribution in [-0.4, -0.2) is 28.5 Å². The highest BCUT2D eigenvalue weighted by Crippen LogP contribution is 2.34. The number of rotatable bonds is 5. The van der Waals surface area contributed by atoms with E-state index in [1.807, 2.05) is 30.3 Å². The van der Waals surface area contributed by atoms with Crippen molar-refractivity contribution in [3.05, 3.63) is 82.4 Å². The second-order valence-corrected chi connectivity index (χ2v) is 8.18. The van der Waals surface area contributed by atoms with E-state index >= 15 is 0 Å². The van der Waals surface area contributed by atoms with E-state index in [0.717, 1.165) is 39.5 Å². The Labute approximate surface area is 177 Å². The van der Waals surface area contributed by atoms with Gasteiger partial charge in [-0.2, -0.15) is 5.10 Å². The molecule has 1 aliphatic heterocycles. The molecule has 0 unspecified atom stereocenters. The van der Waals surface area contributed by atoms with Crippen LogP contribution in [0.15, 0.2) is 75.5 Å². The fourth-order valence-corrected chi connectivity index (χ4v) is 4.43. The van der Waals surface area contributed by atoms with Crippen molar-refractivity contribution in [1.29, 1.82) is 0 Å². The molecule has 0 spiro atoms. The van der Waals surface area contributed by atoms with E-state index < -0.39 is 0 Å². The van der Waals surface area contributed by atoms with E-state index in [-0.39, 0.29) is 5.56 Å². The first-order valence-electron chi connectivity index (χ1n) is 9.62. The first-order chi connectivity index (χ1) is 14.7. The summed E-state index contributed by atoms with van der Waals surface area (Å²) in [5.74, 6) is 1.52. The highest BCUT2D eigenvalue weighted by molar-refractivity contribution is 7.99. The van der Waals surface area contributed by atoms with Gasteiger partial charge in [-0.3, -0.25) is 4.79 Å². The summed E-state index contributed by atoms with van der Waals surface area (Å²) in [6, 6.07) is 15.8. The number of methoxy groups -OCH3 is 1. The second kappa shape index (κ2) is 7.84. The summed E-state index contributed by atoms with van der Waals surface area (Å²) in [5.41, 5.74) is 2.02. The normalized spacial score (nSPS) is 12.6. The minimum atomic E-state index is -0.116. The van der Waals surface area contributed by atoms with Crippen LogP contribution in [0, 0.1) is 0 Å². The molecule has 150 valence electrons. The Morgan fingerprint density at radius 3 is 2.80 bits per heavy atom. The lowest BCUT2D eigenvalue weighted by Crippen LogP contribution is -2.23. The van der Waals surface area contributed by atoms with Crippen molar-refractivity contribution in [3.63, 3.8) is 0 Å². The van der Waals surface area contributed by atoms with Gasteiger partial charge in [-0.1, -0.05) is 17.8 Å².